The number of aromatic nitrogens is 2. The van der Waals surface area contributed by atoms with Crippen LogP contribution in [0.4, 0.5) is 5.95 Å². The predicted octanol–water partition coefficient (Wildman–Crippen LogP) is -0.597. The molecule has 1 atom stereocenters. The van der Waals surface area contributed by atoms with Crippen LogP contribution in [0.5, 0.6) is 0 Å². The first-order valence-electron chi connectivity index (χ1n) is 4.14. The van der Waals surface area contributed by atoms with Crippen molar-refractivity contribution < 1.29 is 9.90 Å². The quantitative estimate of drug-likeness (QED) is 0.592. The van der Waals surface area contributed by atoms with E-state index in [1.807, 2.05) is 0 Å². The zero-order valence-corrected chi connectivity index (χ0v) is 7.55. The number of aryl methyl sites for hydroxylation is 1. The minimum absolute atomic E-state index is 0.205. The number of nitrogens with zero attached hydrogens (tertiary/aromatic N) is 2. The summed E-state index contributed by atoms with van der Waals surface area (Å²) in [5.41, 5.74) is 11.4. The second kappa shape index (κ2) is 4.52. The average molecular weight is 196 g/mol. The average Bonchev–Trinajstić information content (AvgIpc) is 2.16. The maximum absolute atomic E-state index is 10.4. The van der Waals surface area contributed by atoms with Crippen LogP contribution < -0.4 is 11.5 Å². The van der Waals surface area contributed by atoms with Crippen LogP contribution in [-0.4, -0.2) is 27.1 Å². The summed E-state index contributed by atoms with van der Waals surface area (Å²) >= 11 is 0. The molecular formula is C8H12N4O2. The van der Waals surface area contributed by atoms with E-state index in [0.29, 0.717) is 12.8 Å². The molecule has 0 radical (unpaired) electrons. The van der Waals surface area contributed by atoms with E-state index in [1.54, 1.807) is 12.4 Å². The summed E-state index contributed by atoms with van der Waals surface area (Å²) in [6.07, 6.45) is 4.03. The van der Waals surface area contributed by atoms with Gasteiger partial charge in [-0.1, -0.05) is 0 Å². The van der Waals surface area contributed by atoms with Crippen LogP contribution in [0.3, 0.4) is 0 Å². The van der Waals surface area contributed by atoms with Crippen molar-refractivity contribution in [2.75, 3.05) is 5.73 Å². The highest BCUT2D eigenvalue weighted by atomic mass is 16.4. The number of hydrogen-bond donors (Lipinski definition) is 3. The number of anilines is 1. The summed E-state index contributed by atoms with van der Waals surface area (Å²) < 4.78 is 0. The van der Waals surface area contributed by atoms with Crippen LogP contribution in [0.1, 0.15) is 12.0 Å². The SMILES string of the molecule is Nc1ncc(CC[C@H](N)C(=O)O)cn1. The van der Waals surface area contributed by atoms with Gasteiger partial charge in [0, 0.05) is 12.4 Å². The molecule has 0 aliphatic rings. The van der Waals surface area contributed by atoms with Crippen molar-refractivity contribution in [3.05, 3.63) is 18.0 Å². The van der Waals surface area contributed by atoms with Gasteiger partial charge in [0.1, 0.15) is 6.04 Å². The van der Waals surface area contributed by atoms with Crippen molar-refractivity contribution in [3.8, 4) is 0 Å². The number of carbonyl (C=O) groups is 1. The second-order valence-electron chi connectivity index (χ2n) is 2.93. The van der Waals surface area contributed by atoms with E-state index in [9.17, 15) is 4.79 Å². The lowest BCUT2D eigenvalue weighted by atomic mass is 10.1. The molecule has 1 aromatic heterocycles. The fraction of sp³-hybridized carbons (Fsp3) is 0.375. The van der Waals surface area contributed by atoms with Gasteiger partial charge in [0.2, 0.25) is 5.95 Å². The standard InChI is InChI=1S/C8H12N4O2/c9-6(7(13)14)2-1-5-3-11-8(10)12-4-5/h3-4,6H,1-2,9H2,(H,13,14)(H2,10,11,12)/t6-/m0/s1. The van der Waals surface area contributed by atoms with Crippen molar-refractivity contribution in [3.63, 3.8) is 0 Å². The van der Waals surface area contributed by atoms with Crippen molar-refractivity contribution in [1.29, 1.82) is 0 Å². The third-order valence-electron chi connectivity index (χ3n) is 1.79. The normalized spacial score (nSPS) is 12.4. The van der Waals surface area contributed by atoms with Gasteiger partial charge < -0.3 is 16.6 Å². The van der Waals surface area contributed by atoms with Crippen molar-refractivity contribution in [1.82, 2.24) is 9.97 Å². The smallest absolute Gasteiger partial charge is 0.320 e. The molecular weight excluding hydrogens is 184 g/mol. The molecule has 76 valence electrons. The number of rotatable bonds is 4. The largest absolute Gasteiger partial charge is 0.480 e. The number of nitrogen functional groups attached to an aromatic ring is 1. The maximum atomic E-state index is 10.4. The predicted molar refractivity (Wildman–Crippen MR) is 50.4 cm³/mol. The Hall–Kier alpha value is -1.69. The molecule has 0 bridgehead atoms. The highest BCUT2D eigenvalue weighted by molar-refractivity contribution is 5.73. The molecule has 5 N–H and O–H groups in total. The van der Waals surface area contributed by atoms with Crippen LogP contribution in [-0.2, 0) is 11.2 Å². The first kappa shape index (κ1) is 10.4. The van der Waals surface area contributed by atoms with Gasteiger partial charge in [0.15, 0.2) is 0 Å². The lowest BCUT2D eigenvalue weighted by Crippen LogP contribution is -2.30. The number of carboxylic acids is 1. The molecule has 0 aliphatic carbocycles. The summed E-state index contributed by atoms with van der Waals surface area (Å²) in [6.45, 7) is 0. The molecule has 0 amide bonds. The van der Waals surface area contributed by atoms with E-state index >= 15 is 0 Å². The van der Waals surface area contributed by atoms with Gasteiger partial charge in [-0.05, 0) is 18.4 Å². The maximum Gasteiger partial charge on any atom is 0.320 e. The second-order valence-corrected chi connectivity index (χ2v) is 2.93. The lowest BCUT2D eigenvalue weighted by molar-refractivity contribution is -0.138. The van der Waals surface area contributed by atoms with Crippen molar-refractivity contribution in [2.24, 2.45) is 5.73 Å². The van der Waals surface area contributed by atoms with E-state index in [4.69, 9.17) is 16.6 Å². The molecule has 6 nitrogen and oxygen atoms in total. The van der Waals surface area contributed by atoms with Crippen LogP contribution >= 0.6 is 0 Å². The first-order valence-corrected chi connectivity index (χ1v) is 4.14. The molecule has 1 heterocycles. The van der Waals surface area contributed by atoms with Gasteiger partial charge in [0.25, 0.3) is 0 Å². The molecule has 0 aliphatic heterocycles. The summed E-state index contributed by atoms with van der Waals surface area (Å²) in [5.74, 6) is -0.794. The number of nitrogens with two attached hydrogens (primary N) is 2. The fourth-order valence-electron chi connectivity index (χ4n) is 0.940. The number of aliphatic carboxylic acids is 1. The molecule has 1 aromatic rings. The van der Waals surface area contributed by atoms with Crippen LogP contribution in [0.2, 0.25) is 0 Å². The zero-order valence-electron chi connectivity index (χ0n) is 7.55. The number of hydrogen-bond acceptors (Lipinski definition) is 5. The molecule has 0 unspecified atom stereocenters. The van der Waals surface area contributed by atoms with Crippen molar-refractivity contribution >= 4 is 11.9 Å². The van der Waals surface area contributed by atoms with Crippen molar-refractivity contribution in [2.45, 2.75) is 18.9 Å². The van der Waals surface area contributed by atoms with Gasteiger partial charge in [-0.25, -0.2) is 9.97 Å². The topological polar surface area (TPSA) is 115 Å². The third-order valence-corrected chi connectivity index (χ3v) is 1.79. The van der Waals surface area contributed by atoms with E-state index in [0.717, 1.165) is 5.56 Å². The highest BCUT2D eigenvalue weighted by Gasteiger charge is 2.10. The first-order chi connectivity index (χ1) is 6.59. The van der Waals surface area contributed by atoms with Gasteiger partial charge in [-0.3, -0.25) is 4.79 Å². The Morgan fingerprint density at radius 2 is 2.07 bits per heavy atom. The summed E-state index contributed by atoms with van der Waals surface area (Å²) in [4.78, 5) is 18.0. The molecule has 0 saturated heterocycles. The molecule has 0 saturated carbocycles. The van der Waals surface area contributed by atoms with Gasteiger partial charge in [-0.2, -0.15) is 0 Å². The van der Waals surface area contributed by atoms with E-state index in [2.05, 4.69) is 9.97 Å². The van der Waals surface area contributed by atoms with Crippen LogP contribution in [0, 0.1) is 0 Å². The van der Waals surface area contributed by atoms with Gasteiger partial charge >= 0.3 is 5.97 Å². The molecule has 0 aromatic carbocycles. The lowest BCUT2D eigenvalue weighted by Gasteiger charge is -2.05. The minimum atomic E-state index is -0.999. The summed E-state index contributed by atoms with van der Waals surface area (Å²) in [5, 5.41) is 8.53. The summed E-state index contributed by atoms with van der Waals surface area (Å²) in [7, 11) is 0. The Morgan fingerprint density at radius 1 is 1.50 bits per heavy atom. The Bertz CT molecular complexity index is 312. The van der Waals surface area contributed by atoms with Crippen LogP contribution in [0.15, 0.2) is 12.4 Å². The van der Waals surface area contributed by atoms with Gasteiger partial charge in [-0.15, -0.1) is 0 Å². The highest BCUT2D eigenvalue weighted by Crippen LogP contribution is 2.02. The molecule has 0 spiro atoms. The molecule has 6 heteroatoms. The van der Waals surface area contributed by atoms with E-state index < -0.39 is 12.0 Å². The zero-order chi connectivity index (χ0) is 10.6. The van der Waals surface area contributed by atoms with E-state index in [1.165, 1.54) is 0 Å². The van der Waals surface area contributed by atoms with Gasteiger partial charge in [0.05, 0.1) is 0 Å². The summed E-state index contributed by atoms with van der Waals surface area (Å²) in [6, 6.07) is -0.840. The fourth-order valence-corrected chi connectivity index (χ4v) is 0.940. The third kappa shape index (κ3) is 2.98. The Kier molecular flexibility index (Phi) is 3.35. The Morgan fingerprint density at radius 3 is 2.57 bits per heavy atom. The number of carboxylic acid groups (broad SMARTS) is 1. The Balaban J connectivity index is 2.46. The monoisotopic (exact) mass is 196 g/mol. The van der Waals surface area contributed by atoms with E-state index in [-0.39, 0.29) is 5.95 Å². The minimum Gasteiger partial charge on any atom is -0.480 e. The Labute approximate surface area is 81.0 Å². The molecule has 0 fully saturated rings. The molecule has 1 rings (SSSR count). The molecule has 14 heavy (non-hydrogen) atoms. The van der Waals surface area contributed by atoms with Crippen LogP contribution in [0.25, 0.3) is 0 Å².